The van der Waals surface area contributed by atoms with Crippen LogP contribution >= 0.6 is 11.3 Å². The Hall–Kier alpha value is -3.39. The lowest BCUT2D eigenvalue weighted by Crippen LogP contribution is -2.37. The third kappa shape index (κ3) is 4.75. The van der Waals surface area contributed by atoms with Gasteiger partial charge in [-0.05, 0) is 65.8 Å². The molecule has 0 saturated heterocycles. The molecule has 0 unspecified atom stereocenters. The van der Waals surface area contributed by atoms with Gasteiger partial charge in [0.05, 0.1) is 0 Å². The first-order chi connectivity index (χ1) is 15.4. The maximum Gasteiger partial charge on any atom is 0.254 e. The zero-order valence-corrected chi connectivity index (χ0v) is 18.2. The number of carbonyl (C=O) groups is 2. The van der Waals surface area contributed by atoms with E-state index in [-0.39, 0.29) is 17.4 Å². The minimum absolute atomic E-state index is 0.109. The van der Waals surface area contributed by atoms with Crippen LogP contribution in [0, 0.1) is 18.6 Å². The molecule has 0 radical (unpaired) electrons. The number of amides is 2. The maximum atomic E-state index is 13.5. The second-order valence-corrected chi connectivity index (χ2v) is 8.48. The van der Waals surface area contributed by atoms with E-state index in [0.717, 1.165) is 39.4 Å². The van der Waals surface area contributed by atoms with Crippen molar-refractivity contribution in [3.05, 3.63) is 92.4 Å². The number of nitrogens with zero attached hydrogens (tertiary/aromatic N) is 2. The molecule has 8 heteroatoms. The van der Waals surface area contributed by atoms with E-state index in [1.54, 1.807) is 28.5 Å². The Bertz CT molecular complexity index is 1190. The lowest BCUT2D eigenvalue weighted by Gasteiger charge is -2.30. The highest BCUT2D eigenvalue weighted by molar-refractivity contribution is 7.10. The molecule has 2 amide bonds. The Balaban J connectivity index is 1.46. The Kier molecular flexibility index (Phi) is 6.41. The van der Waals surface area contributed by atoms with Crippen LogP contribution in [0.4, 0.5) is 8.78 Å². The number of halogens is 2. The number of hydrogen-bond donors (Lipinski definition) is 1. The summed E-state index contributed by atoms with van der Waals surface area (Å²) in [6, 6.07) is 7.02. The lowest BCUT2D eigenvalue weighted by molar-refractivity contribution is -0.116. The largest absolute Gasteiger partial charge is 0.348 e. The van der Waals surface area contributed by atoms with Crippen LogP contribution in [-0.2, 0) is 24.3 Å². The van der Waals surface area contributed by atoms with Gasteiger partial charge in [-0.25, -0.2) is 8.78 Å². The molecular weight excluding hydrogens is 432 g/mol. The molecule has 32 heavy (non-hydrogen) atoms. The van der Waals surface area contributed by atoms with E-state index in [2.05, 4.69) is 10.3 Å². The minimum atomic E-state index is -1.04. The summed E-state index contributed by atoms with van der Waals surface area (Å²) in [5.74, 6) is -2.58. The van der Waals surface area contributed by atoms with Crippen LogP contribution in [0.3, 0.4) is 0 Å². The van der Waals surface area contributed by atoms with Crippen molar-refractivity contribution >= 4 is 29.2 Å². The molecule has 1 aliphatic heterocycles. The molecule has 2 aromatic heterocycles. The van der Waals surface area contributed by atoms with Gasteiger partial charge in [0.2, 0.25) is 5.91 Å². The second kappa shape index (κ2) is 9.40. The monoisotopic (exact) mass is 453 g/mol. The average Bonchev–Trinajstić information content (AvgIpc) is 3.32. The van der Waals surface area contributed by atoms with Gasteiger partial charge in [-0.1, -0.05) is 6.07 Å². The number of thiophene rings is 1. The van der Waals surface area contributed by atoms with Crippen molar-refractivity contribution in [1.82, 2.24) is 15.2 Å². The Morgan fingerprint density at radius 1 is 1.25 bits per heavy atom. The van der Waals surface area contributed by atoms with Crippen LogP contribution in [-0.4, -0.2) is 28.2 Å². The van der Waals surface area contributed by atoms with Crippen LogP contribution in [0.15, 0.2) is 48.0 Å². The normalized spacial score (nSPS) is 13.3. The third-order valence-electron chi connectivity index (χ3n) is 5.43. The SMILES string of the molecule is Cc1ncc2c(c1CNC(=O)/C=C/c1cccs1)CCN(C(=O)c1ccc(F)c(F)c1)C2. The number of benzene rings is 1. The first-order valence-corrected chi connectivity index (χ1v) is 11.0. The summed E-state index contributed by atoms with van der Waals surface area (Å²) in [6.45, 7) is 2.99. The van der Waals surface area contributed by atoms with Crippen LogP contribution in [0.1, 0.15) is 37.6 Å². The van der Waals surface area contributed by atoms with Crippen LogP contribution in [0.2, 0.25) is 0 Å². The van der Waals surface area contributed by atoms with Crippen LogP contribution in [0.25, 0.3) is 6.08 Å². The summed E-state index contributed by atoms with van der Waals surface area (Å²) in [5.41, 5.74) is 3.83. The molecule has 3 aromatic rings. The van der Waals surface area contributed by atoms with E-state index in [9.17, 15) is 18.4 Å². The summed E-state index contributed by atoms with van der Waals surface area (Å²) < 4.78 is 26.7. The summed E-state index contributed by atoms with van der Waals surface area (Å²) in [7, 11) is 0. The molecule has 3 heterocycles. The quantitative estimate of drug-likeness (QED) is 0.588. The van der Waals surface area contributed by atoms with Crippen molar-refractivity contribution in [3.63, 3.8) is 0 Å². The van der Waals surface area contributed by atoms with E-state index in [0.29, 0.717) is 26.1 Å². The highest BCUT2D eigenvalue weighted by Gasteiger charge is 2.25. The molecular formula is C24H21F2N3O2S. The number of aromatic nitrogens is 1. The lowest BCUT2D eigenvalue weighted by atomic mass is 9.94. The van der Waals surface area contributed by atoms with E-state index in [1.165, 1.54) is 12.1 Å². The molecule has 1 aromatic carbocycles. The van der Waals surface area contributed by atoms with Crippen molar-refractivity contribution in [2.75, 3.05) is 6.54 Å². The van der Waals surface area contributed by atoms with E-state index < -0.39 is 11.6 Å². The summed E-state index contributed by atoms with van der Waals surface area (Å²) >= 11 is 1.55. The number of aryl methyl sites for hydroxylation is 1. The minimum Gasteiger partial charge on any atom is -0.348 e. The smallest absolute Gasteiger partial charge is 0.254 e. The molecule has 0 bridgehead atoms. The molecule has 164 valence electrons. The van der Waals surface area contributed by atoms with Crippen LogP contribution < -0.4 is 5.32 Å². The van der Waals surface area contributed by atoms with Crippen molar-refractivity contribution in [3.8, 4) is 0 Å². The Morgan fingerprint density at radius 2 is 2.09 bits per heavy atom. The summed E-state index contributed by atoms with van der Waals surface area (Å²) in [6.07, 6.45) is 5.60. The fourth-order valence-corrected chi connectivity index (χ4v) is 4.34. The average molecular weight is 454 g/mol. The fraction of sp³-hybridized carbons (Fsp3) is 0.208. The molecule has 0 atom stereocenters. The zero-order chi connectivity index (χ0) is 22.7. The first kappa shape index (κ1) is 21.8. The molecule has 5 nitrogen and oxygen atoms in total. The molecule has 1 aliphatic rings. The number of carbonyl (C=O) groups excluding carboxylic acids is 2. The van der Waals surface area contributed by atoms with Gasteiger partial charge in [-0.3, -0.25) is 14.6 Å². The highest BCUT2D eigenvalue weighted by Crippen LogP contribution is 2.25. The van der Waals surface area contributed by atoms with E-state index in [1.807, 2.05) is 24.4 Å². The number of hydrogen-bond acceptors (Lipinski definition) is 4. The van der Waals surface area contributed by atoms with Gasteiger partial charge in [-0.2, -0.15) is 0 Å². The predicted molar refractivity (Wildman–Crippen MR) is 119 cm³/mol. The predicted octanol–water partition coefficient (Wildman–Crippen LogP) is 4.26. The molecule has 0 fully saturated rings. The Labute approximate surface area is 188 Å². The van der Waals surface area contributed by atoms with Gasteiger partial charge in [0.25, 0.3) is 5.91 Å². The highest BCUT2D eigenvalue weighted by atomic mass is 32.1. The number of rotatable bonds is 5. The van der Waals surface area contributed by atoms with Gasteiger partial charge in [0.15, 0.2) is 11.6 Å². The van der Waals surface area contributed by atoms with Gasteiger partial charge in [0.1, 0.15) is 0 Å². The summed E-state index contributed by atoms with van der Waals surface area (Å²) in [5, 5.41) is 4.85. The van der Waals surface area contributed by atoms with Gasteiger partial charge >= 0.3 is 0 Å². The van der Waals surface area contributed by atoms with Crippen molar-refractivity contribution in [1.29, 1.82) is 0 Å². The van der Waals surface area contributed by atoms with E-state index >= 15 is 0 Å². The first-order valence-electron chi connectivity index (χ1n) is 10.1. The molecule has 0 spiro atoms. The molecule has 4 rings (SSSR count). The number of nitrogens with one attached hydrogen (secondary N) is 1. The van der Waals surface area contributed by atoms with Gasteiger partial charge < -0.3 is 10.2 Å². The maximum absolute atomic E-state index is 13.5. The van der Waals surface area contributed by atoms with Crippen molar-refractivity contribution in [2.24, 2.45) is 0 Å². The number of pyridine rings is 1. The van der Waals surface area contributed by atoms with Gasteiger partial charge in [-0.15, -0.1) is 11.3 Å². The van der Waals surface area contributed by atoms with Gasteiger partial charge in [0, 0.05) is 48.0 Å². The molecule has 0 aliphatic carbocycles. The standard InChI is InChI=1S/C24H21F2N3O2S/c1-15-20(13-28-23(30)7-5-18-3-2-10-32-18)19-8-9-29(14-17(19)12-27-15)24(31)16-4-6-21(25)22(26)11-16/h2-7,10-12H,8-9,13-14H2,1H3,(H,28,30)/b7-5+. The van der Waals surface area contributed by atoms with Crippen molar-refractivity contribution < 1.29 is 18.4 Å². The zero-order valence-electron chi connectivity index (χ0n) is 17.4. The third-order valence-corrected chi connectivity index (χ3v) is 6.27. The Morgan fingerprint density at radius 3 is 2.84 bits per heavy atom. The molecule has 1 N–H and O–H groups in total. The van der Waals surface area contributed by atoms with Crippen LogP contribution in [0.5, 0.6) is 0 Å². The topological polar surface area (TPSA) is 62.3 Å². The fourth-order valence-electron chi connectivity index (χ4n) is 3.72. The van der Waals surface area contributed by atoms with Crippen molar-refractivity contribution in [2.45, 2.75) is 26.4 Å². The second-order valence-electron chi connectivity index (χ2n) is 7.50. The van der Waals surface area contributed by atoms with E-state index in [4.69, 9.17) is 0 Å². The number of fused-ring (bicyclic) bond motifs is 1. The summed E-state index contributed by atoms with van der Waals surface area (Å²) in [4.78, 5) is 32.0. The molecule has 0 saturated carbocycles.